The van der Waals surface area contributed by atoms with E-state index in [1.807, 2.05) is 0 Å². The van der Waals surface area contributed by atoms with Gasteiger partial charge in [0.05, 0.1) is 12.7 Å². The lowest BCUT2D eigenvalue weighted by molar-refractivity contribution is 0.379. The lowest BCUT2D eigenvalue weighted by Crippen LogP contribution is -2.09. The van der Waals surface area contributed by atoms with E-state index in [1.165, 1.54) is 12.7 Å². The third kappa shape index (κ3) is 3.83. The molecule has 3 N–H and O–H groups in total. The molecule has 2 aromatic rings. The highest BCUT2D eigenvalue weighted by molar-refractivity contribution is 7.92. The fourth-order valence-electron chi connectivity index (χ4n) is 1.70. The topological polar surface area (TPSA) is 138 Å². The van der Waals surface area contributed by atoms with Gasteiger partial charge in [0.1, 0.15) is 5.49 Å². The van der Waals surface area contributed by atoms with E-state index in [4.69, 9.17) is 9.79 Å². The quantitative estimate of drug-likeness (QED) is 0.604. The van der Waals surface area contributed by atoms with Crippen molar-refractivity contribution in [1.82, 2.24) is 19.5 Å². The van der Waals surface area contributed by atoms with Crippen molar-refractivity contribution in [1.29, 1.82) is 0 Å². The van der Waals surface area contributed by atoms with Crippen LogP contribution in [0.15, 0.2) is 17.4 Å². The van der Waals surface area contributed by atoms with Gasteiger partial charge in [-0.3, -0.25) is 13.6 Å². The predicted octanol–water partition coefficient (Wildman–Crippen LogP) is -0.606. The molecule has 0 radical (unpaired) electrons. The van der Waals surface area contributed by atoms with Gasteiger partial charge in [0.25, 0.3) is 5.56 Å². The van der Waals surface area contributed by atoms with Gasteiger partial charge in [-0.25, -0.2) is 9.97 Å². The van der Waals surface area contributed by atoms with E-state index in [0.717, 1.165) is 0 Å². The second-order valence-electron chi connectivity index (χ2n) is 4.13. The number of imidazole rings is 1. The van der Waals surface area contributed by atoms with Crippen LogP contribution < -0.4 is 5.56 Å². The molecule has 11 heteroatoms. The van der Waals surface area contributed by atoms with Crippen molar-refractivity contribution >= 4 is 29.6 Å². The Morgan fingerprint density at radius 2 is 2.15 bits per heavy atom. The molecule has 20 heavy (non-hydrogen) atoms. The van der Waals surface area contributed by atoms with Crippen LogP contribution in [0.1, 0.15) is 6.42 Å². The zero-order chi connectivity index (χ0) is 14.8. The molecular weight excluding hydrogens is 307 g/mol. The van der Waals surface area contributed by atoms with Crippen molar-refractivity contribution in [3.8, 4) is 0 Å². The number of aromatic amines is 1. The summed E-state index contributed by atoms with van der Waals surface area (Å²) in [6, 6.07) is 0. The Morgan fingerprint density at radius 1 is 1.40 bits per heavy atom. The third-order valence-electron chi connectivity index (χ3n) is 2.49. The van der Waals surface area contributed by atoms with E-state index in [1.54, 1.807) is 4.57 Å². The average Bonchev–Trinajstić information content (AvgIpc) is 2.72. The number of H-pyrrole nitrogens is 1. The third-order valence-corrected chi connectivity index (χ3v) is 5.73. The highest BCUT2D eigenvalue weighted by Gasteiger charge is 2.17. The highest BCUT2D eigenvalue weighted by Crippen LogP contribution is 2.34. The van der Waals surface area contributed by atoms with Gasteiger partial charge in [-0.05, 0) is 6.42 Å². The SMILES string of the molecule is O=c1[nH]cnc2c1ncn2CCCS(=O)CP(=O)(O)O. The summed E-state index contributed by atoms with van der Waals surface area (Å²) in [7, 11) is -5.82. The normalized spacial score (nSPS) is 13.7. The minimum atomic E-state index is -4.24. The minimum absolute atomic E-state index is 0.161. The lowest BCUT2D eigenvalue weighted by atomic mass is 10.4. The van der Waals surface area contributed by atoms with Crippen molar-refractivity contribution in [2.24, 2.45) is 0 Å². The smallest absolute Gasteiger partial charge is 0.324 e. The zero-order valence-corrected chi connectivity index (χ0v) is 12.0. The van der Waals surface area contributed by atoms with Crippen molar-refractivity contribution in [2.75, 3.05) is 11.2 Å². The molecule has 0 aliphatic heterocycles. The van der Waals surface area contributed by atoms with Crippen molar-refractivity contribution in [3.63, 3.8) is 0 Å². The number of hydrogen-bond donors (Lipinski definition) is 3. The molecular formula is C9H13N4O5PS. The molecule has 2 aromatic heterocycles. The molecule has 0 bridgehead atoms. The van der Waals surface area contributed by atoms with E-state index < -0.39 is 23.9 Å². The van der Waals surface area contributed by atoms with Gasteiger partial charge in [0.2, 0.25) is 0 Å². The number of hydrogen-bond acceptors (Lipinski definition) is 5. The molecule has 2 heterocycles. The second kappa shape index (κ2) is 5.96. The first kappa shape index (κ1) is 15.0. The van der Waals surface area contributed by atoms with E-state index in [-0.39, 0.29) is 16.8 Å². The largest absolute Gasteiger partial charge is 0.337 e. The maximum absolute atomic E-state index is 11.4. The zero-order valence-electron chi connectivity index (χ0n) is 10.3. The molecule has 110 valence electrons. The molecule has 0 saturated heterocycles. The van der Waals surface area contributed by atoms with Crippen LogP contribution in [0.5, 0.6) is 0 Å². The van der Waals surface area contributed by atoms with Crippen molar-refractivity contribution in [2.45, 2.75) is 13.0 Å². The Balaban J connectivity index is 1.97. The first-order valence-electron chi connectivity index (χ1n) is 5.65. The summed E-state index contributed by atoms with van der Waals surface area (Å²) in [5, 5.41) is 0. The number of rotatable bonds is 6. The molecule has 9 nitrogen and oxygen atoms in total. The molecule has 0 fully saturated rings. The molecule has 0 saturated carbocycles. The molecule has 1 unspecified atom stereocenters. The van der Waals surface area contributed by atoms with Crippen molar-refractivity contribution in [3.05, 3.63) is 23.0 Å². The summed E-state index contributed by atoms with van der Waals surface area (Å²) in [5.74, 6) is 0.161. The van der Waals surface area contributed by atoms with Crippen LogP contribution >= 0.6 is 7.60 Å². The van der Waals surface area contributed by atoms with Gasteiger partial charge in [0, 0.05) is 23.1 Å². The Morgan fingerprint density at radius 3 is 2.85 bits per heavy atom. The number of aromatic nitrogens is 4. The molecule has 0 aromatic carbocycles. The Hall–Kier alpha value is -1.35. The minimum Gasteiger partial charge on any atom is -0.324 e. The van der Waals surface area contributed by atoms with Crippen LogP contribution in [0.3, 0.4) is 0 Å². The lowest BCUT2D eigenvalue weighted by Gasteiger charge is -2.05. The first-order valence-corrected chi connectivity index (χ1v) is 8.93. The first-order chi connectivity index (χ1) is 9.37. The molecule has 0 amide bonds. The monoisotopic (exact) mass is 320 g/mol. The van der Waals surface area contributed by atoms with E-state index in [9.17, 15) is 13.6 Å². The summed E-state index contributed by atoms with van der Waals surface area (Å²) in [5.41, 5.74) is -0.313. The second-order valence-corrected chi connectivity index (χ2v) is 7.78. The summed E-state index contributed by atoms with van der Waals surface area (Å²) >= 11 is 0. The summed E-state index contributed by atoms with van der Waals surface area (Å²) in [6.45, 7) is 0.417. The molecule has 0 aliphatic rings. The van der Waals surface area contributed by atoms with E-state index >= 15 is 0 Å². The standard InChI is InChI=1S/C9H13N4O5PS/c14-9-7-8(10-4-11-9)13(5-12-7)2-1-3-20(18)6-19(15,16)17/h4-5H,1-3,6H2,(H,10,11,14)(H2,15,16,17). The van der Waals surface area contributed by atoms with Gasteiger partial charge in [-0.15, -0.1) is 0 Å². The van der Waals surface area contributed by atoms with Crippen LogP contribution in [0.25, 0.3) is 11.2 Å². The van der Waals surface area contributed by atoms with Crippen LogP contribution in [0.4, 0.5) is 0 Å². The van der Waals surface area contributed by atoms with Gasteiger partial charge in [-0.2, -0.15) is 0 Å². The Kier molecular flexibility index (Phi) is 4.48. The van der Waals surface area contributed by atoms with E-state index in [0.29, 0.717) is 18.6 Å². The molecule has 1 atom stereocenters. The number of fused-ring (bicyclic) bond motifs is 1. The average molecular weight is 320 g/mol. The van der Waals surface area contributed by atoms with Gasteiger partial charge < -0.3 is 19.3 Å². The van der Waals surface area contributed by atoms with Crippen LogP contribution in [-0.2, 0) is 21.9 Å². The number of nitrogens with zero attached hydrogens (tertiary/aromatic N) is 3. The Bertz CT molecular complexity index is 735. The fraction of sp³-hybridized carbons (Fsp3) is 0.444. The fourth-order valence-corrected chi connectivity index (χ4v) is 4.17. The molecule has 0 aliphatic carbocycles. The summed E-state index contributed by atoms with van der Waals surface area (Å²) < 4.78 is 23.8. The maximum atomic E-state index is 11.4. The Labute approximate surface area is 115 Å². The van der Waals surface area contributed by atoms with Gasteiger partial charge in [-0.1, -0.05) is 0 Å². The van der Waals surface area contributed by atoms with E-state index in [2.05, 4.69) is 15.0 Å². The molecule has 0 spiro atoms. The van der Waals surface area contributed by atoms with Crippen molar-refractivity contribution < 1.29 is 18.6 Å². The van der Waals surface area contributed by atoms with Crippen LogP contribution in [0, 0.1) is 0 Å². The summed E-state index contributed by atoms with van der Waals surface area (Å²) in [4.78, 5) is 39.2. The maximum Gasteiger partial charge on any atom is 0.337 e. The number of nitrogens with one attached hydrogen (secondary N) is 1. The number of aryl methyl sites for hydroxylation is 1. The van der Waals surface area contributed by atoms with Gasteiger partial charge >= 0.3 is 7.60 Å². The van der Waals surface area contributed by atoms with Crippen LogP contribution in [0.2, 0.25) is 0 Å². The van der Waals surface area contributed by atoms with Crippen LogP contribution in [-0.4, -0.2) is 44.8 Å². The van der Waals surface area contributed by atoms with Gasteiger partial charge in [0.15, 0.2) is 11.2 Å². The molecule has 2 rings (SSSR count). The highest BCUT2D eigenvalue weighted by atomic mass is 32.2. The summed E-state index contributed by atoms with van der Waals surface area (Å²) in [6.07, 6.45) is 3.17. The predicted molar refractivity (Wildman–Crippen MR) is 72.7 cm³/mol.